The van der Waals surface area contributed by atoms with Gasteiger partial charge in [0.05, 0.1) is 10.6 Å². The van der Waals surface area contributed by atoms with Gasteiger partial charge >= 0.3 is 0 Å². The highest BCUT2D eigenvalue weighted by atomic mass is 32.1. The Hall–Kier alpha value is -2.04. The van der Waals surface area contributed by atoms with Crippen LogP contribution >= 0.6 is 22.7 Å². The molecule has 21 heavy (non-hydrogen) atoms. The molecule has 0 saturated heterocycles. The number of hydrogen-bond acceptors (Lipinski definition) is 6. The molecule has 0 atom stereocenters. The van der Waals surface area contributed by atoms with Crippen LogP contribution in [0.15, 0.2) is 22.5 Å². The van der Waals surface area contributed by atoms with Crippen LogP contribution in [0.25, 0.3) is 0 Å². The second-order valence-corrected chi connectivity index (χ2v) is 5.65. The smallest absolute Gasteiger partial charge is 0.290 e. The van der Waals surface area contributed by atoms with E-state index in [1.165, 1.54) is 11.3 Å². The zero-order valence-electron chi connectivity index (χ0n) is 16.0. The van der Waals surface area contributed by atoms with Gasteiger partial charge in [-0.05, 0) is 24.7 Å². The Kier molecular flexibility index (Phi) is 3.32. The van der Waals surface area contributed by atoms with E-state index in [0.717, 1.165) is 11.3 Å². The van der Waals surface area contributed by atoms with Gasteiger partial charge in [0, 0.05) is 13.4 Å². The van der Waals surface area contributed by atoms with Crippen molar-refractivity contribution in [3.63, 3.8) is 0 Å². The maximum absolute atomic E-state index is 12.6. The van der Waals surface area contributed by atoms with Gasteiger partial charge in [0.25, 0.3) is 5.91 Å². The van der Waals surface area contributed by atoms with Crippen LogP contribution < -0.4 is 5.32 Å². The lowest BCUT2D eigenvalue weighted by Crippen LogP contribution is -2.03. The van der Waals surface area contributed by atoms with Crippen LogP contribution in [0.4, 0.5) is 5.13 Å². The molecule has 0 spiro atoms. The van der Waals surface area contributed by atoms with Crippen molar-refractivity contribution in [2.75, 3.05) is 11.9 Å². The topological polar surface area (TPSA) is 78.1 Å². The third-order valence-electron chi connectivity index (χ3n) is 2.34. The number of nitrogens with one attached hydrogen (secondary N) is 1. The molecule has 0 bridgehead atoms. The lowest BCUT2D eigenvalue weighted by atomic mass is 10.3. The maximum atomic E-state index is 12.6. The molecule has 0 fully saturated rings. The Morgan fingerprint density at radius 3 is 3.19 bits per heavy atom. The first-order chi connectivity index (χ1) is 12.1. The zero-order valence-corrected chi connectivity index (χ0v) is 12.6. The standard InChI is InChI=1S/C14H14N4OS2/c1-3-9-12(21-14(18-9)16-4-2)13(19)17-10(8-15)11-6-5-7-20-11/h5-7H,3-4H2,1-2H3,(H,16,18)/i1D3,3D2. The lowest BCUT2D eigenvalue weighted by Gasteiger charge is -1.95. The first-order valence-electron chi connectivity index (χ1n) is 8.44. The minimum absolute atomic E-state index is 0.121. The summed E-state index contributed by atoms with van der Waals surface area (Å²) in [6, 6.07) is 5.15. The molecule has 1 N–H and O–H groups in total. The van der Waals surface area contributed by atoms with Crippen molar-refractivity contribution in [2.45, 2.75) is 20.1 Å². The van der Waals surface area contributed by atoms with Gasteiger partial charge in [-0.15, -0.1) is 11.3 Å². The molecule has 2 heterocycles. The number of amides is 1. The van der Waals surface area contributed by atoms with Gasteiger partial charge in [-0.1, -0.05) is 24.3 Å². The molecule has 108 valence electrons. The van der Waals surface area contributed by atoms with E-state index in [2.05, 4.69) is 15.3 Å². The zero-order chi connectivity index (χ0) is 19.5. The summed E-state index contributed by atoms with van der Waals surface area (Å²) >= 11 is 2.04. The molecule has 7 heteroatoms. The van der Waals surface area contributed by atoms with E-state index < -0.39 is 24.8 Å². The first kappa shape index (κ1) is 9.82. The number of thiophene rings is 1. The van der Waals surface area contributed by atoms with E-state index in [0.29, 0.717) is 11.4 Å². The monoisotopic (exact) mass is 323 g/mol. The van der Waals surface area contributed by atoms with Crippen LogP contribution in [-0.4, -0.2) is 23.1 Å². The molecule has 1 amide bonds. The number of rotatable bonds is 5. The number of aryl methyl sites for hydroxylation is 1. The Morgan fingerprint density at radius 1 is 1.71 bits per heavy atom. The van der Waals surface area contributed by atoms with Crippen LogP contribution in [0.2, 0.25) is 0 Å². The fourth-order valence-electron chi connectivity index (χ4n) is 1.48. The Morgan fingerprint density at radius 2 is 2.57 bits per heavy atom. The third kappa shape index (κ3) is 3.54. The van der Waals surface area contributed by atoms with Crippen molar-refractivity contribution >= 4 is 39.4 Å². The molecule has 5 nitrogen and oxygen atoms in total. The van der Waals surface area contributed by atoms with Crippen molar-refractivity contribution in [3.8, 4) is 6.07 Å². The van der Waals surface area contributed by atoms with Gasteiger partial charge < -0.3 is 5.32 Å². The van der Waals surface area contributed by atoms with Gasteiger partial charge in [-0.2, -0.15) is 10.3 Å². The quantitative estimate of drug-likeness (QED) is 0.856. The molecule has 0 aliphatic rings. The second-order valence-electron chi connectivity index (χ2n) is 3.71. The van der Waals surface area contributed by atoms with Crippen LogP contribution in [0, 0.1) is 11.3 Å². The fraction of sp³-hybridized carbons (Fsp3) is 0.286. The minimum atomic E-state index is -3.02. The molecule has 0 saturated carbocycles. The van der Waals surface area contributed by atoms with Crippen LogP contribution in [0.5, 0.6) is 0 Å². The highest BCUT2D eigenvalue weighted by molar-refractivity contribution is 7.17. The second kappa shape index (κ2) is 7.11. The van der Waals surface area contributed by atoms with E-state index in [-0.39, 0.29) is 15.7 Å². The lowest BCUT2D eigenvalue weighted by molar-refractivity contribution is 0.101. The third-order valence-corrected chi connectivity index (χ3v) is 4.22. The molecule has 0 radical (unpaired) electrons. The van der Waals surface area contributed by atoms with E-state index in [4.69, 9.17) is 6.85 Å². The molecular weight excluding hydrogens is 304 g/mol. The van der Waals surface area contributed by atoms with Crippen LogP contribution in [0.1, 0.15) is 40.9 Å². The molecule has 0 aromatic carbocycles. The number of aromatic nitrogens is 1. The molecule has 2 aromatic heterocycles. The molecule has 0 aliphatic heterocycles. The van der Waals surface area contributed by atoms with Crippen molar-refractivity contribution < 1.29 is 11.6 Å². The average Bonchev–Trinajstić information content (AvgIpc) is 3.21. The molecule has 2 rings (SSSR count). The van der Waals surface area contributed by atoms with Crippen molar-refractivity contribution in [2.24, 2.45) is 4.99 Å². The largest absolute Gasteiger partial charge is 0.362 e. The van der Waals surface area contributed by atoms with Gasteiger partial charge in [0.15, 0.2) is 10.8 Å². The van der Waals surface area contributed by atoms with Crippen LogP contribution in [-0.2, 0) is 6.37 Å². The minimum Gasteiger partial charge on any atom is -0.362 e. The predicted molar refractivity (Wildman–Crippen MR) is 86.5 cm³/mol. The summed E-state index contributed by atoms with van der Waals surface area (Å²) < 4.78 is 38.1. The number of carbonyl (C=O) groups excluding carboxylic acids is 1. The molecule has 0 aliphatic carbocycles. The average molecular weight is 323 g/mol. The Balaban J connectivity index is 2.54. The van der Waals surface area contributed by atoms with E-state index >= 15 is 0 Å². The summed E-state index contributed by atoms with van der Waals surface area (Å²) in [7, 11) is 0. The number of anilines is 1. The number of thiazole rings is 1. The van der Waals surface area contributed by atoms with Gasteiger partial charge in [-0.3, -0.25) is 4.79 Å². The summed E-state index contributed by atoms with van der Waals surface area (Å²) in [6.07, 6.45) is -2.84. The summed E-state index contributed by atoms with van der Waals surface area (Å²) in [6.45, 7) is -0.780. The summed E-state index contributed by atoms with van der Waals surface area (Å²) in [4.78, 5) is 20.5. The number of nitriles is 1. The fourth-order valence-corrected chi connectivity index (χ4v) is 3.01. The molecule has 2 aromatic rings. The van der Waals surface area contributed by atoms with E-state index in [9.17, 15) is 10.1 Å². The number of nitrogens with zero attached hydrogens (tertiary/aromatic N) is 3. The Bertz CT molecular complexity index is 865. The summed E-state index contributed by atoms with van der Waals surface area (Å²) in [5.41, 5.74) is -0.625. The van der Waals surface area contributed by atoms with E-state index in [1.807, 2.05) is 6.07 Å². The molecule has 0 unspecified atom stereocenters. The maximum Gasteiger partial charge on any atom is 0.290 e. The van der Waals surface area contributed by atoms with E-state index in [1.54, 1.807) is 24.4 Å². The van der Waals surface area contributed by atoms with Gasteiger partial charge in [-0.25, -0.2) is 4.98 Å². The number of hydrogen-bond donors (Lipinski definition) is 1. The van der Waals surface area contributed by atoms with Gasteiger partial charge in [0.2, 0.25) is 0 Å². The predicted octanol–water partition coefficient (Wildman–Crippen LogP) is 3.35. The summed E-state index contributed by atoms with van der Waals surface area (Å²) in [5, 5.41) is 14.0. The van der Waals surface area contributed by atoms with Crippen molar-refractivity contribution in [1.82, 2.24) is 4.98 Å². The SMILES string of the molecule is [2H]C([2H])([2H])C([2H])([2H])c1nc(NCC)sc1C(=O)N=C(C#N)c1cccs1. The number of carbonyl (C=O) groups is 1. The summed E-state index contributed by atoms with van der Waals surface area (Å²) in [5.74, 6) is -0.903. The van der Waals surface area contributed by atoms with Crippen molar-refractivity contribution in [3.05, 3.63) is 33.0 Å². The normalized spacial score (nSPS) is 16.0. The number of aliphatic imine (C=N–C) groups is 1. The first-order valence-corrected chi connectivity index (χ1v) is 7.63. The highest BCUT2D eigenvalue weighted by Crippen LogP contribution is 2.24. The van der Waals surface area contributed by atoms with Crippen molar-refractivity contribution in [1.29, 1.82) is 5.26 Å². The highest BCUT2D eigenvalue weighted by Gasteiger charge is 2.17. The molecular formula is C14H14N4OS2. The van der Waals surface area contributed by atoms with Crippen LogP contribution in [0.3, 0.4) is 0 Å². The Labute approximate surface area is 138 Å². The van der Waals surface area contributed by atoms with Gasteiger partial charge in [0.1, 0.15) is 10.9 Å².